The number of nitrogens with zero attached hydrogens (tertiary/aromatic N) is 3. The topological polar surface area (TPSA) is 95.4 Å². The van der Waals surface area contributed by atoms with Crippen molar-refractivity contribution in [2.45, 2.75) is 13.3 Å². The Labute approximate surface area is 105 Å². The van der Waals surface area contributed by atoms with Crippen LogP contribution in [-0.2, 0) is 4.79 Å². The molecule has 7 nitrogen and oxygen atoms in total. The summed E-state index contributed by atoms with van der Waals surface area (Å²) in [6, 6.07) is 3.20. The van der Waals surface area contributed by atoms with Crippen LogP contribution in [0.1, 0.15) is 23.8 Å². The lowest BCUT2D eigenvalue weighted by molar-refractivity contribution is -0.136. The molecule has 98 valence electrons. The Bertz CT molecular complexity index is 419. The molecule has 1 heterocycles. The number of carbonyl (C=O) groups excluding carboxylic acids is 1. The van der Waals surface area contributed by atoms with Gasteiger partial charge in [0.2, 0.25) is 0 Å². The smallest absolute Gasteiger partial charge is 0.305 e. The number of hydrogen-bond donors (Lipinski definition) is 2. The number of carboxylic acids is 1. The maximum absolute atomic E-state index is 11.4. The van der Waals surface area contributed by atoms with E-state index in [4.69, 9.17) is 5.11 Å². The lowest BCUT2D eigenvalue weighted by Crippen LogP contribution is -2.25. The Morgan fingerprint density at radius 1 is 1.39 bits per heavy atom. The number of anilines is 1. The van der Waals surface area contributed by atoms with Gasteiger partial charge in [0.05, 0.1) is 6.42 Å². The number of hydrogen-bond acceptors (Lipinski definition) is 5. The van der Waals surface area contributed by atoms with Gasteiger partial charge in [-0.1, -0.05) is 0 Å². The minimum Gasteiger partial charge on any atom is -0.481 e. The van der Waals surface area contributed by atoms with Crippen LogP contribution < -0.4 is 10.2 Å². The molecule has 0 atom stereocenters. The predicted octanol–water partition coefficient (Wildman–Crippen LogP) is 0.137. The number of carboxylic acid groups (broad SMARTS) is 1. The van der Waals surface area contributed by atoms with Crippen LogP contribution in [0.2, 0.25) is 0 Å². The van der Waals surface area contributed by atoms with E-state index in [1.807, 2.05) is 6.92 Å². The first-order chi connectivity index (χ1) is 8.54. The van der Waals surface area contributed by atoms with Gasteiger partial charge in [0, 0.05) is 20.1 Å². The third kappa shape index (κ3) is 4.00. The van der Waals surface area contributed by atoms with Gasteiger partial charge < -0.3 is 15.3 Å². The summed E-state index contributed by atoms with van der Waals surface area (Å²) in [6.45, 7) is 2.69. The fourth-order valence-electron chi connectivity index (χ4n) is 1.28. The van der Waals surface area contributed by atoms with Crippen molar-refractivity contribution in [3.63, 3.8) is 0 Å². The second kappa shape index (κ2) is 6.53. The minimum atomic E-state index is -0.867. The summed E-state index contributed by atoms with van der Waals surface area (Å²) in [7, 11) is 1.72. The molecule has 0 radical (unpaired) electrons. The highest BCUT2D eigenvalue weighted by atomic mass is 16.4. The fraction of sp³-hybridized carbons (Fsp3) is 0.455. The maximum Gasteiger partial charge on any atom is 0.305 e. The molecule has 0 spiro atoms. The molecule has 1 amide bonds. The summed E-state index contributed by atoms with van der Waals surface area (Å²) >= 11 is 0. The molecule has 1 aromatic rings. The van der Waals surface area contributed by atoms with E-state index in [-0.39, 0.29) is 18.0 Å². The van der Waals surface area contributed by atoms with Gasteiger partial charge in [-0.25, -0.2) is 0 Å². The molecule has 0 bridgehead atoms. The van der Waals surface area contributed by atoms with Crippen LogP contribution in [0, 0.1) is 0 Å². The van der Waals surface area contributed by atoms with E-state index in [1.54, 1.807) is 24.1 Å². The molecule has 18 heavy (non-hydrogen) atoms. The zero-order valence-corrected chi connectivity index (χ0v) is 10.4. The van der Waals surface area contributed by atoms with Gasteiger partial charge in [0.15, 0.2) is 11.5 Å². The molecule has 2 N–H and O–H groups in total. The first-order valence-electron chi connectivity index (χ1n) is 5.59. The molecular weight excluding hydrogens is 236 g/mol. The normalized spacial score (nSPS) is 9.89. The molecule has 0 saturated carbocycles. The first kappa shape index (κ1) is 13.9. The van der Waals surface area contributed by atoms with Crippen LogP contribution in [0.4, 0.5) is 5.82 Å². The quantitative estimate of drug-likeness (QED) is 0.747. The third-order valence-corrected chi connectivity index (χ3v) is 2.27. The van der Waals surface area contributed by atoms with Gasteiger partial charge in [-0.2, -0.15) is 0 Å². The highest BCUT2D eigenvalue weighted by molar-refractivity contribution is 5.92. The van der Waals surface area contributed by atoms with E-state index in [9.17, 15) is 9.59 Å². The molecule has 1 rings (SSSR count). The van der Waals surface area contributed by atoms with Crippen LogP contribution >= 0.6 is 0 Å². The van der Waals surface area contributed by atoms with Gasteiger partial charge in [-0.15, -0.1) is 10.2 Å². The number of aliphatic carboxylic acids is 1. The summed E-state index contributed by atoms with van der Waals surface area (Å²) in [5.41, 5.74) is 0.243. The van der Waals surface area contributed by atoms with Crippen molar-refractivity contribution in [1.82, 2.24) is 15.5 Å². The molecule has 0 aliphatic heterocycles. The summed E-state index contributed by atoms with van der Waals surface area (Å²) in [4.78, 5) is 23.5. The largest absolute Gasteiger partial charge is 0.481 e. The molecule has 7 heteroatoms. The van der Waals surface area contributed by atoms with Crippen molar-refractivity contribution in [1.29, 1.82) is 0 Å². The van der Waals surface area contributed by atoms with Crippen molar-refractivity contribution in [2.75, 3.05) is 25.0 Å². The summed E-state index contributed by atoms with van der Waals surface area (Å²) in [5, 5.41) is 18.9. The van der Waals surface area contributed by atoms with Gasteiger partial charge in [-0.05, 0) is 19.1 Å². The lowest BCUT2D eigenvalue weighted by atomic mass is 10.3. The summed E-state index contributed by atoms with van der Waals surface area (Å²) in [5.74, 6) is -0.609. The number of aromatic nitrogens is 2. The summed E-state index contributed by atoms with van der Waals surface area (Å²) < 4.78 is 0. The third-order valence-electron chi connectivity index (χ3n) is 2.27. The van der Waals surface area contributed by atoms with Gasteiger partial charge in [0.1, 0.15) is 0 Å². The molecule has 1 aromatic heterocycles. The highest BCUT2D eigenvalue weighted by Gasteiger charge is 2.09. The van der Waals surface area contributed by atoms with Crippen LogP contribution in [0.5, 0.6) is 0 Å². The standard InChI is InChI=1S/C11H16N4O3/c1-3-12-11(18)8-4-5-9(14-13-8)15(2)7-6-10(16)17/h4-5H,3,6-7H2,1-2H3,(H,12,18)(H,16,17). The fourth-order valence-corrected chi connectivity index (χ4v) is 1.28. The number of rotatable bonds is 6. The van der Waals surface area contributed by atoms with E-state index in [2.05, 4.69) is 15.5 Å². The second-order valence-corrected chi connectivity index (χ2v) is 3.70. The number of carbonyl (C=O) groups is 2. The van der Waals surface area contributed by atoms with Gasteiger partial charge in [-0.3, -0.25) is 9.59 Å². The zero-order valence-electron chi connectivity index (χ0n) is 10.4. The Hall–Kier alpha value is -2.18. The molecule has 0 unspecified atom stereocenters. The van der Waals surface area contributed by atoms with Crippen LogP contribution in [0.3, 0.4) is 0 Å². The monoisotopic (exact) mass is 252 g/mol. The van der Waals surface area contributed by atoms with Crippen molar-refractivity contribution in [3.8, 4) is 0 Å². The van der Waals surface area contributed by atoms with E-state index in [0.717, 1.165) is 0 Å². The Balaban J connectivity index is 2.64. The van der Waals surface area contributed by atoms with Crippen LogP contribution in [-0.4, -0.2) is 47.3 Å². The predicted molar refractivity (Wildman–Crippen MR) is 65.6 cm³/mol. The van der Waals surface area contributed by atoms with Crippen molar-refractivity contribution < 1.29 is 14.7 Å². The highest BCUT2D eigenvalue weighted by Crippen LogP contribution is 2.07. The minimum absolute atomic E-state index is 0.0241. The lowest BCUT2D eigenvalue weighted by Gasteiger charge is -2.16. The van der Waals surface area contributed by atoms with Gasteiger partial charge >= 0.3 is 5.97 Å². The van der Waals surface area contributed by atoms with E-state index >= 15 is 0 Å². The summed E-state index contributed by atoms with van der Waals surface area (Å²) in [6.07, 6.45) is 0.0241. The molecule has 0 saturated heterocycles. The number of amides is 1. The maximum atomic E-state index is 11.4. The van der Waals surface area contributed by atoms with E-state index in [1.165, 1.54) is 0 Å². The Kier molecular flexibility index (Phi) is 5.04. The first-order valence-corrected chi connectivity index (χ1v) is 5.59. The van der Waals surface area contributed by atoms with Crippen molar-refractivity contribution in [3.05, 3.63) is 17.8 Å². The number of nitrogens with one attached hydrogen (secondary N) is 1. The van der Waals surface area contributed by atoms with Crippen molar-refractivity contribution in [2.24, 2.45) is 0 Å². The molecular formula is C11H16N4O3. The molecule has 0 aliphatic carbocycles. The average Bonchev–Trinajstić information content (AvgIpc) is 2.36. The Morgan fingerprint density at radius 3 is 2.61 bits per heavy atom. The average molecular weight is 252 g/mol. The second-order valence-electron chi connectivity index (χ2n) is 3.70. The SMILES string of the molecule is CCNC(=O)c1ccc(N(C)CCC(=O)O)nn1. The Morgan fingerprint density at radius 2 is 2.11 bits per heavy atom. The van der Waals surface area contributed by atoms with E-state index < -0.39 is 5.97 Å². The molecule has 0 aliphatic rings. The zero-order chi connectivity index (χ0) is 13.5. The van der Waals surface area contributed by atoms with Crippen molar-refractivity contribution >= 4 is 17.7 Å². The molecule has 0 aromatic carbocycles. The van der Waals surface area contributed by atoms with Crippen LogP contribution in [0.15, 0.2) is 12.1 Å². The van der Waals surface area contributed by atoms with E-state index in [0.29, 0.717) is 18.9 Å². The van der Waals surface area contributed by atoms with Crippen LogP contribution in [0.25, 0.3) is 0 Å². The van der Waals surface area contributed by atoms with Gasteiger partial charge in [0.25, 0.3) is 5.91 Å². The molecule has 0 fully saturated rings.